The summed E-state index contributed by atoms with van der Waals surface area (Å²) in [6.07, 6.45) is -4.55. The van der Waals surface area contributed by atoms with Crippen molar-refractivity contribution in [3.05, 3.63) is 24.3 Å². The molecule has 0 radical (unpaired) electrons. The highest BCUT2D eigenvalue weighted by Gasteiger charge is 2.38. The number of rotatable bonds is 4. The summed E-state index contributed by atoms with van der Waals surface area (Å²) in [6.45, 7) is 4.66. The van der Waals surface area contributed by atoms with E-state index in [9.17, 15) is 31.2 Å². The van der Waals surface area contributed by atoms with Crippen LogP contribution in [-0.2, 0) is 19.6 Å². The lowest BCUT2D eigenvalue weighted by atomic mass is 10.2. The van der Waals surface area contributed by atoms with E-state index >= 15 is 0 Å². The first kappa shape index (κ1) is 22.2. The third kappa shape index (κ3) is 5.22. The van der Waals surface area contributed by atoms with E-state index in [0.717, 1.165) is 24.3 Å². The van der Waals surface area contributed by atoms with Crippen LogP contribution in [0.2, 0.25) is 0 Å². The van der Waals surface area contributed by atoms with Crippen molar-refractivity contribution in [2.24, 2.45) is 5.92 Å². The molecule has 11 heteroatoms. The fraction of sp³-hybridized carbons (Fsp3) is 0.529. The van der Waals surface area contributed by atoms with Crippen LogP contribution in [0.25, 0.3) is 0 Å². The van der Waals surface area contributed by atoms with Crippen molar-refractivity contribution < 1.29 is 31.2 Å². The zero-order chi connectivity index (χ0) is 21.1. The van der Waals surface area contributed by atoms with Crippen molar-refractivity contribution in [2.45, 2.75) is 31.3 Å². The predicted molar refractivity (Wildman–Crippen MR) is 95.9 cm³/mol. The molecule has 2 rings (SSSR count). The van der Waals surface area contributed by atoms with Crippen molar-refractivity contribution in [3.8, 4) is 0 Å². The predicted octanol–water partition coefficient (Wildman–Crippen LogP) is 2.07. The van der Waals surface area contributed by atoms with Gasteiger partial charge >= 0.3 is 12.1 Å². The summed E-state index contributed by atoms with van der Waals surface area (Å²) in [4.78, 5) is 24.6. The molecule has 1 aromatic carbocycles. The van der Waals surface area contributed by atoms with E-state index in [1.165, 1.54) is 4.31 Å². The quantitative estimate of drug-likeness (QED) is 0.806. The van der Waals surface area contributed by atoms with Crippen LogP contribution in [-0.4, -0.2) is 61.8 Å². The summed E-state index contributed by atoms with van der Waals surface area (Å²) in [5.74, 6) is -2.35. The summed E-state index contributed by atoms with van der Waals surface area (Å²) in [5.41, 5.74) is -0.161. The number of hydrogen-bond acceptors (Lipinski definition) is 4. The van der Waals surface area contributed by atoms with Crippen LogP contribution in [0.15, 0.2) is 29.2 Å². The van der Waals surface area contributed by atoms with Crippen LogP contribution in [0.1, 0.15) is 20.3 Å². The molecule has 0 aliphatic carbocycles. The summed E-state index contributed by atoms with van der Waals surface area (Å²) < 4.78 is 63.7. The summed E-state index contributed by atoms with van der Waals surface area (Å²) in [6, 6.07) is 4.48. The molecule has 7 nitrogen and oxygen atoms in total. The van der Waals surface area contributed by atoms with E-state index in [1.54, 1.807) is 24.1 Å². The lowest BCUT2D eigenvalue weighted by Gasteiger charge is -2.23. The van der Waals surface area contributed by atoms with Crippen molar-refractivity contribution >= 4 is 27.5 Å². The first-order valence-corrected chi connectivity index (χ1v) is 10.1. The van der Waals surface area contributed by atoms with E-state index in [0.29, 0.717) is 13.0 Å². The molecular weight excluding hydrogens is 399 g/mol. The molecule has 1 N–H and O–H groups in total. The molecule has 0 aromatic heterocycles. The minimum absolute atomic E-state index is 0.0380. The second kappa shape index (κ2) is 8.48. The fourth-order valence-corrected chi connectivity index (χ4v) is 4.25. The van der Waals surface area contributed by atoms with Gasteiger partial charge in [0.1, 0.15) is 0 Å². The van der Waals surface area contributed by atoms with Crippen LogP contribution in [0, 0.1) is 5.92 Å². The number of anilines is 1. The Labute approximate surface area is 161 Å². The Morgan fingerprint density at radius 2 is 1.64 bits per heavy atom. The van der Waals surface area contributed by atoms with Gasteiger partial charge in [0.25, 0.3) is 0 Å². The molecule has 0 atom stereocenters. The van der Waals surface area contributed by atoms with Gasteiger partial charge in [0.05, 0.1) is 4.90 Å². The van der Waals surface area contributed by atoms with Gasteiger partial charge < -0.3 is 10.2 Å². The first-order chi connectivity index (χ1) is 12.9. The Balaban J connectivity index is 2.10. The molecule has 1 saturated heterocycles. The van der Waals surface area contributed by atoms with Gasteiger partial charge in [-0.15, -0.1) is 0 Å². The van der Waals surface area contributed by atoms with Gasteiger partial charge in [0.15, 0.2) is 0 Å². The van der Waals surface area contributed by atoms with Crippen molar-refractivity contribution in [2.75, 3.05) is 31.5 Å². The molecule has 156 valence electrons. The Kier molecular flexibility index (Phi) is 6.71. The highest BCUT2D eigenvalue weighted by molar-refractivity contribution is 7.89. The Morgan fingerprint density at radius 1 is 1.04 bits per heavy atom. The number of hydrogen-bond donors (Lipinski definition) is 1. The third-order valence-electron chi connectivity index (χ3n) is 4.27. The van der Waals surface area contributed by atoms with Gasteiger partial charge in [-0.2, -0.15) is 17.5 Å². The van der Waals surface area contributed by atoms with E-state index in [2.05, 4.69) is 0 Å². The molecule has 0 bridgehead atoms. The number of nitrogens with one attached hydrogen (secondary N) is 1. The Morgan fingerprint density at radius 3 is 2.18 bits per heavy atom. The van der Waals surface area contributed by atoms with Gasteiger partial charge in [-0.1, -0.05) is 13.8 Å². The van der Waals surface area contributed by atoms with Crippen LogP contribution in [0.3, 0.4) is 0 Å². The number of alkyl halides is 3. The minimum atomic E-state index is -5.03. The smallest absolute Gasteiger partial charge is 0.341 e. The summed E-state index contributed by atoms with van der Waals surface area (Å²) in [5, 5.41) is 1.66. The van der Waals surface area contributed by atoms with Gasteiger partial charge in [0.2, 0.25) is 15.9 Å². The SMILES string of the molecule is CC(C)C(=O)N1CCCN(S(=O)(=O)c2ccc(NC(=O)C(F)(F)F)cc2)CC1. The molecule has 2 amide bonds. The molecular formula is C17H22F3N3O4S. The maximum atomic E-state index is 12.8. The Hall–Kier alpha value is -2.14. The molecule has 1 aliphatic rings. The summed E-state index contributed by atoms with van der Waals surface area (Å²) in [7, 11) is -3.87. The average Bonchev–Trinajstić information content (AvgIpc) is 2.87. The topological polar surface area (TPSA) is 86.8 Å². The van der Waals surface area contributed by atoms with Crippen molar-refractivity contribution in [3.63, 3.8) is 0 Å². The highest BCUT2D eigenvalue weighted by Crippen LogP contribution is 2.22. The van der Waals surface area contributed by atoms with Crippen LogP contribution in [0.5, 0.6) is 0 Å². The maximum Gasteiger partial charge on any atom is 0.471 e. The molecule has 1 aromatic rings. The van der Waals surface area contributed by atoms with Crippen LogP contribution in [0.4, 0.5) is 18.9 Å². The van der Waals surface area contributed by atoms with Gasteiger partial charge in [-0.05, 0) is 30.7 Å². The zero-order valence-corrected chi connectivity index (χ0v) is 16.3. The second-order valence-corrected chi connectivity index (χ2v) is 8.65. The van der Waals surface area contributed by atoms with Gasteiger partial charge in [0, 0.05) is 37.8 Å². The fourth-order valence-electron chi connectivity index (χ4n) is 2.78. The third-order valence-corrected chi connectivity index (χ3v) is 6.18. The normalized spacial score (nSPS) is 16.7. The van der Waals surface area contributed by atoms with E-state index in [-0.39, 0.29) is 42.0 Å². The molecule has 0 unspecified atom stereocenters. The molecule has 1 heterocycles. The van der Waals surface area contributed by atoms with Crippen molar-refractivity contribution in [1.82, 2.24) is 9.21 Å². The van der Waals surface area contributed by atoms with Crippen LogP contribution < -0.4 is 5.32 Å². The van der Waals surface area contributed by atoms with Crippen molar-refractivity contribution in [1.29, 1.82) is 0 Å². The monoisotopic (exact) mass is 421 g/mol. The van der Waals surface area contributed by atoms with E-state index < -0.39 is 22.1 Å². The first-order valence-electron chi connectivity index (χ1n) is 8.70. The van der Waals surface area contributed by atoms with Gasteiger partial charge in [-0.25, -0.2) is 8.42 Å². The number of carbonyl (C=O) groups excluding carboxylic acids is 2. The van der Waals surface area contributed by atoms with E-state index in [4.69, 9.17) is 0 Å². The standard InChI is InChI=1S/C17H22F3N3O4S/c1-12(2)15(24)22-8-3-9-23(11-10-22)28(26,27)14-6-4-13(5-7-14)21-16(25)17(18,19)20/h4-7,12H,3,8-11H2,1-2H3,(H,21,25). The van der Waals surface area contributed by atoms with E-state index in [1.807, 2.05) is 0 Å². The van der Waals surface area contributed by atoms with Crippen LogP contribution >= 0.6 is 0 Å². The number of amides is 2. The molecule has 1 fully saturated rings. The van der Waals surface area contributed by atoms with Gasteiger partial charge in [-0.3, -0.25) is 9.59 Å². The largest absolute Gasteiger partial charge is 0.471 e. The lowest BCUT2D eigenvalue weighted by molar-refractivity contribution is -0.167. The summed E-state index contributed by atoms with van der Waals surface area (Å²) >= 11 is 0. The number of nitrogens with zero attached hydrogens (tertiary/aromatic N) is 2. The minimum Gasteiger partial charge on any atom is -0.341 e. The molecule has 1 aliphatic heterocycles. The molecule has 0 saturated carbocycles. The molecule has 0 spiro atoms. The maximum absolute atomic E-state index is 12.8. The Bertz CT molecular complexity index is 823. The lowest BCUT2D eigenvalue weighted by Crippen LogP contribution is -2.38. The average molecular weight is 421 g/mol. The molecule has 28 heavy (non-hydrogen) atoms. The number of benzene rings is 1. The number of carbonyl (C=O) groups is 2. The highest BCUT2D eigenvalue weighted by atomic mass is 32.2. The zero-order valence-electron chi connectivity index (χ0n) is 15.5. The number of halogens is 3. The second-order valence-electron chi connectivity index (χ2n) is 6.71. The number of sulfonamides is 1.